The van der Waals surface area contributed by atoms with Crippen LogP contribution in [0.3, 0.4) is 0 Å². The van der Waals surface area contributed by atoms with Crippen molar-refractivity contribution in [3.8, 4) is 0 Å². The summed E-state index contributed by atoms with van der Waals surface area (Å²) in [7, 11) is 0. The van der Waals surface area contributed by atoms with E-state index in [2.05, 4.69) is 19.6 Å². The maximum absolute atomic E-state index is 5.77. The van der Waals surface area contributed by atoms with Gasteiger partial charge in [0.05, 0.1) is 0 Å². The molecule has 0 radical (unpaired) electrons. The van der Waals surface area contributed by atoms with E-state index in [9.17, 15) is 0 Å². The van der Waals surface area contributed by atoms with E-state index < -0.39 is 0 Å². The summed E-state index contributed by atoms with van der Waals surface area (Å²) in [6.45, 7) is 5.84. The first-order valence-corrected chi connectivity index (χ1v) is 3.87. The molecule has 1 saturated carbocycles. The predicted molar refractivity (Wildman–Crippen MR) is 44.4 cm³/mol. The van der Waals surface area contributed by atoms with E-state index in [1.165, 1.54) is 6.42 Å². The molecular weight excluding hydrogens is 122 g/mol. The van der Waals surface area contributed by atoms with Crippen molar-refractivity contribution in [3.63, 3.8) is 0 Å². The first kappa shape index (κ1) is 7.39. The van der Waals surface area contributed by atoms with Gasteiger partial charge in [0.15, 0.2) is 0 Å². The highest BCUT2D eigenvalue weighted by Gasteiger charge is 2.35. The number of allylic oxidation sites excluding steroid dienone is 3. The lowest BCUT2D eigenvalue weighted by molar-refractivity contribution is 0.895. The van der Waals surface area contributed by atoms with Crippen LogP contribution in [0.2, 0.25) is 0 Å². The number of hydrogen-bond acceptors (Lipinski definition) is 1. The summed E-state index contributed by atoms with van der Waals surface area (Å²) in [5, 5.41) is 0. The zero-order chi connectivity index (χ0) is 7.56. The van der Waals surface area contributed by atoms with E-state index in [-0.39, 0.29) is 0 Å². The van der Waals surface area contributed by atoms with Crippen molar-refractivity contribution >= 4 is 0 Å². The van der Waals surface area contributed by atoms with Gasteiger partial charge < -0.3 is 5.73 Å². The molecule has 0 spiro atoms. The third kappa shape index (κ3) is 1.41. The van der Waals surface area contributed by atoms with Gasteiger partial charge in [-0.2, -0.15) is 0 Å². The molecular formula is C9H15N. The van der Waals surface area contributed by atoms with Crippen molar-refractivity contribution in [2.45, 2.75) is 19.8 Å². The maximum atomic E-state index is 5.77. The van der Waals surface area contributed by atoms with E-state index in [0.717, 1.165) is 12.1 Å². The Morgan fingerprint density at radius 1 is 1.80 bits per heavy atom. The lowest BCUT2D eigenvalue weighted by Crippen LogP contribution is -1.99. The van der Waals surface area contributed by atoms with Crippen LogP contribution in [-0.4, -0.2) is 0 Å². The van der Waals surface area contributed by atoms with Gasteiger partial charge in [-0.15, -0.1) is 6.58 Å². The molecule has 1 rings (SSSR count). The number of nitrogens with two attached hydrogens (primary N) is 1. The summed E-state index contributed by atoms with van der Waals surface area (Å²) < 4.78 is 0. The van der Waals surface area contributed by atoms with Crippen molar-refractivity contribution < 1.29 is 0 Å². The van der Waals surface area contributed by atoms with Crippen LogP contribution in [0.1, 0.15) is 19.8 Å². The minimum atomic E-state index is 0.623. The Morgan fingerprint density at radius 2 is 2.50 bits per heavy atom. The molecule has 2 atom stereocenters. The second-order valence-electron chi connectivity index (χ2n) is 2.85. The van der Waals surface area contributed by atoms with E-state index in [1.54, 1.807) is 0 Å². The lowest BCUT2D eigenvalue weighted by Gasteiger charge is -1.95. The van der Waals surface area contributed by atoms with Crippen LogP contribution in [-0.2, 0) is 0 Å². The van der Waals surface area contributed by atoms with E-state index in [0.29, 0.717) is 11.8 Å². The Morgan fingerprint density at radius 3 is 2.90 bits per heavy atom. The van der Waals surface area contributed by atoms with Crippen LogP contribution >= 0.6 is 0 Å². The highest BCUT2D eigenvalue weighted by atomic mass is 14.6. The van der Waals surface area contributed by atoms with Crippen molar-refractivity contribution in [1.29, 1.82) is 0 Å². The Kier molecular flexibility index (Phi) is 2.15. The molecule has 0 heterocycles. The molecule has 1 aliphatic carbocycles. The van der Waals surface area contributed by atoms with Gasteiger partial charge in [0.25, 0.3) is 0 Å². The van der Waals surface area contributed by atoms with Crippen LogP contribution in [0, 0.1) is 11.8 Å². The normalized spacial score (nSPS) is 31.9. The fraction of sp³-hybridized carbons (Fsp3) is 0.556. The molecule has 0 amide bonds. The lowest BCUT2D eigenvalue weighted by atomic mass is 10.2. The fourth-order valence-corrected chi connectivity index (χ4v) is 1.25. The van der Waals surface area contributed by atoms with Gasteiger partial charge in [-0.1, -0.05) is 19.1 Å². The van der Waals surface area contributed by atoms with Crippen LogP contribution in [0.4, 0.5) is 0 Å². The van der Waals surface area contributed by atoms with E-state index in [1.807, 2.05) is 6.08 Å². The quantitative estimate of drug-likeness (QED) is 0.592. The maximum Gasteiger partial charge on any atom is 0.00775 e. The molecule has 56 valence electrons. The zero-order valence-electron chi connectivity index (χ0n) is 6.51. The standard InChI is InChI=1S/C9H15N/c1-3-5-9(10)8-6-7(8)4-2/h4-5,7-8H,2-3,6,10H2,1H3/b9-5+. The summed E-state index contributed by atoms with van der Waals surface area (Å²) in [5.74, 6) is 1.29. The van der Waals surface area contributed by atoms with Gasteiger partial charge in [0.2, 0.25) is 0 Å². The van der Waals surface area contributed by atoms with Gasteiger partial charge in [-0.05, 0) is 18.8 Å². The zero-order valence-corrected chi connectivity index (χ0v) is 6.51. The molecule has 0 aromatic carbocycles. The molecule has 1 nitrogen and oxygen atoms in total. The van der Waals surface area contributed by atoms with Crippen molar-refractivity contribution in [3.05, 3.63) is 24.4 Å². The minimum Gasteiger partial charge on any atom is -0.402 e. The van der Waals surface area contributed by atoms with Crippen molar-refractivity contribution in [1.82, 2.24) is 0 Å². The highest BCUT2D eigenvalue weighted by molar-refractivity contribution is 5.15. The van der Waals surface area contributed by atoms with Gasteiger partial charge in [0, 0.05) is 11.6 Å². The average Bonchev–Trinajstić information content (AvgIpc) is 2.66. The Labute approximate surface area is 62.6 Å². The molecule has 1 aliphatic rings. The molecule has 10 heavy (non-hydrogen) atoms. The van der Waals surface area contributed by atoms with Crippen LogP contribution < -0.4 is 5.73 Å². The molecule has 0 bridgehead atoms. The van der Waals surface area contributed by atoms with Crippen LogP contribution in [0.15, 0.2) is 24.4 Å². The van der Waals surface area contributed by atoms with Crippen molar-refractivity contribution in [2.75, 3.05) is 0 Å². The summed E-state index contributed by atoms with van der Waals surface area (Å²) in [6, 6.07) is 0. The highest BCUT2D eigenvalue weighted by Crippen LogP contribution is 2.42. The molecule has 1 fully saturated rings. The average molecular weight is 137 g/mol. The van der Waals surface area contributed by atoms with Gasteiger partial charge in [0.1, 0.15) is 0 Å². The molecule has 1 heteroatoms. The second kappa shape index (κ2) is 2.91. The number of hydrogen-bond donors (Lipinski definition) is 1. The Bertz CT molecular complexity index is 158. The predicted octanol–water partition coefficient (Wildman–Crippen LogP) is 2.06. The number of rotatable bonds is 3. The van der Waals surface area contributed by atoms with E-state index in [4.69, 9.17) is 5.73 Å². The SMILES string of the molecule is C=CC1CC1/C(N)=C\CC. The Balaban J connectivity index is 2.38. The smallest absolute Gasteiger partial charge is 0.00775 e. The monoisotopic (exact) mass is 137 g/mol. The van der Waals surface area contributed by atoms with Crippen molar-refractivity contribution in [2.24, 2.45) is 17.6 Å². The van der Waals surface area contributed by atoms with E-state index >= 15 is 0 Å². The second-order valence-corrected chi connectivity index (χ2v) is 2.85. The third-order valence-electron chi connectivity index (χ3n) is 2.01. The topological polar surface area (TPSA) is 26.0 Å². The van der Waals surface area contributed by atoms with Gasteiger partial charge in [-0.25, -0.2) is 0 Å². The molecule has 0 saturated heterocycles. The first-order valence-electron chi connectivity index (χ1n) is 3.87. The molecule has 0 aromatic rings. The Hall–Kier alpha value is -0.720. The third-order valence-corrected chi connectivity index (χ3v) is 2.01. The van der Waals surface area contributed by atoms with Gasteiger partial charge >= 0.3 is 0 Å². The summed E-state index contributed by atoms with van der Waals surface area (Å²) in [6.07, 6.45) is 6.37. The van der Waals surface area contributed by atoms with Gasteiger partial charge in [-0.3, -0.25) is 0 Å². The molecule has 0 aliphatic heterocycles. The molecule has 2 N–H and O–H groups in total. The minimum absolute atomic E-state index is 0.623. The summed E-state index contributed by atoms with van der Waals surface area (Å²) in [5.41, 5.74) is 6.83. The summed E-state index contributed by atoms with van der Waals surface area (Å²) >= 11 is 0. The van der Waals surface area contributed by atoms with Crippen LogP contribution in [0.25, 0.3) is 0 Å². The fourth-order valence-electron chi connectivity index (χ4n) is 1.25. The van der Waals surface area contributed by atoms with Crippen LogP contribution in [0.5, 0.6) is 0 Å². The molecule has 0 aromatic heterocycles. The molecule has 2 unspecified atom stereocenters. The largest absolute Gasteiger partial charge is 0.402 e. The first-order chi connectivity index (χ1) is 4.79. The summed E-state index contributed by atoms with van der Waals surface area (Å²) in [4.78, 5) is 0.